The predicted molar refractivity (Wildman–Crippen MR) is 102 cm³/mol. The molecular formula is C21H40O4. The molecule has 148 valence electrons. The quantitative estimate of drug-likeness (QED) is 0.238. The van der Waals surface area contributed by atoms with Crippen LogP contribution in [0.15, 0.2) is 0 Å². The van der Waals surface area contributed by atoms with Gasteiger partial charge in [-0.3, -0.25) is 9.59 Å². The largest absolute Gasteiger partial charge is 0.462 e. The minimum atomic E-state index is -0.360. The molecule has 25 heavy (non-hydrogen) atoms. The Morgan fingerprint density at radius 1 is 0.680 bits per heavy atom. The number of hydrogen-bond acceptors (Lipinski definition) is 4. The van der Waals surface area contributed by atoms with Crippen LogP contribution in [0.3, 0.4) is 0 Å². The fraction of sp³-hybridized carbons (Fsp3) is 0.905. The molecule has 0 amide bonds. The highest BCUT2D eigenvalue weighted by Crippen LogP contribution is 2.10. The number of rotatable bonds is 17. The van der Waals surface area contributed by atoms with Crippen LogP contribution < -0.4 is 0 Å². The first-order valence-corrected chi connectivity index (χ1v) is 10.4. The summed E-state index contributed by atoms with van der Waals surface area (Å²) in [5, 5.41) is 0. The second kappa shape index (κ2) is 17.8. The third-order valence-corrected chi connectivity index (χ3v) is 4.28. The third-order valence-electron chi connectivity index (χ3n) is 4.28. The minimum absolute atomic E-state index is 0.163. The number of unbranched alkanes of at least 4 members (excludes halogenated alkanes) is 10. The normalized spacial score (nSPS) is 12.0. The monoisotopic (exact) mass is 356 g/mol. The highest BCUT2D eigenvalue weighted by atomic mass is 16.6. The number of carbonyl (C=O) groups excluding carboxylic acids is 2. The van der Waals surface area contributed by atoms with E-state index in [2.05, 4.69) is 13.8 Å². The molecular weight excluding hydrogens is 316 g/mol. The first-order chi connectivity index (χ1) is 12.1. The Hall–Kier alpha value is -1.06. The van der Waals surface area contributed by atoms with E-state index in [-0.39, 0.29) is 24.6 Å². The molecule has 0 spiro atoms. The zero-order valence-corrected chi connectivity index (χ0v) is 16.8. The number of ether oxygens (including phenoxy) is 2. The molecule has 0 N–H and O–H groups in total. The topological polar surface area (TPSA) is 52.6 Å². The lowest BCUT2D eigenvalue weighted by Gasteiger charge is -2.13. The lowest BCUT2D eigenvalue weighted by molar-refractivity contribution is -0.158. The summed E-state index contributed by atoms with van der Waals surface area (Å²) in [4.78, 5) is 23.4. The molecule has 0 rings (SSSR count). The molecule has 0 bridgehead atoms. The van der Waals surface area contributed by atoms with Crippen LogP contribution in [0.1, 0.15) is 111 Å². The van der Waals surface area contributed by atoms with Crippen molar-refractivity contribution >= 4 is 11.9 Å². The van der Waals surface area contributed by atoms with Crippen LogP contribution in [0.25, 0.3) is 0 Å². The van der Waals surface area contributed by atoms with Crippen molar-refractivity contribution in [3.63, 3.8) is 0 Å². The summed E-state index contributed by atoms with van der Waals surface area (Å²) < 4.78 is 10.5. The van der Waals surface area contributed by atoms with Gasteiger partial charge >= 0.3 is 11.9 Å². The molecule has 4 nitrogen and oxygen atoms in total. The van der Waals surface area contributed by atoms with Crippen molar-refractivity contribution in [1.82, 2.24) is 0 Å². The van der Waals surface area contributed by atoms with Gasteiger partial charge in [0, 0.05) is 12.8 Å². The van der Waals surface area contributed by atoms with Crippen LogP contribution in [0, 0.1) is 0 Å². The van der Waals surface area contributed by atoms with Gasteiger partial charge in [0.05, 0.1) is 0 Å². The van der Waals surface area contributed by atoms with Gasteiger partial charge in [-0.2, -0.15) is 0 Å². The van der Waals surface area contributed by atoms with Gasteiger partial charge < -0.3 is 9.47 Å². The van der Waals surface area contributed by atoms with Crippen LogP contribution in [0.2, 0.25) is 0 Å². The second-order valence-corrected chi connectivity index (χ2v) is 7.02. The van der Waals surface area contributed by atoms with Crippen molar-refractivity contribution in [2.45, 2.75) is 117 Å². The number of carbonyl (C=O) groups is 2. The highest BCUT2D eigenvalue weighted by Gasteiger charge is 2.12. The Morgan fingerprint density at radius 2 is 1.12 bits per heavy atom. The van der Waals surface area contributed by atoms with E-state index in [0.29, 0.717) is 12.8 Å². The van der Waals surface area contributed by atoms with Gasteiger partial charge in [-0.05, 0) is 19.8 Å². The maximum absolute atomic E-state index is 11.7. The Morgan fingerprint density at radius 3 is 1.64 bits per heavy atom. The van der Waals surface area contributed by atoms with Crippen LogP contribution in [0.5, 0.6) is 0 Å². The van der Waals surface area contributed by atoms with Crippen LogP contribution in [-0.4, -0.2) is 24.6 Å². The average Bonchev–Trinajstić information content (AvgIpc) is 2.59. The first kappa shape index (κ1) is 23.9. The molecule has 0 aliphatic heterocycles. The van der Waals surface area contributed by atoms with E-state index in [9.17, 15) is 9.59 Å². The predicted octanol–water partition coefficient (Wildman–Crippen LogP) is 5.96. The van der Waals surface area contributed by atoms with Crippen molar-refractivity contribution in [2.24, 2.45) is 0 Å². The van der Waals surface area contributed by atoms with E-state index in [1.165, 1.54) is 51.4 Å². The van der Waals surface area contributed by atoms with Crippen LogP contribution in [-0.2, 0) is 19.1 Å². The fourth-order valence-corrected chi connectivity index (χ4v) is 2.70. The average molecular weight is 357 g/mol. The van der Waals surface area contributed by atoms with Gasteiger partial charge in [-0.15, -0.1) is 0 Å². The maximum Gasteiger partial charge on any atom is 0.306 e. The summed E-state index contributed by atoms with van der Waals surface area (Å²) in [5.41, 5.74) is 0. The summed E-state index contributed by atoms with van der Waals surface area (Å²) in [6.45, 7) is 6.32. The molecule has 0 fully saturated rings. The molecule has 0 aromatic heterocycles. The first-order valence-electron chi connectivity index (χ1n) is 10.4. The van der Waals surface area contributed by atoms with E-state index in [1.54, 1.807) is 6.92 Å². The Balaban J connectivity index is 3.52. The maximum atomic E-state index is 11.7. The van der Waals surface area contributed by atoms with E-state index >= 15 is 0 Å². The van der Waals surface area contributed by atoms with E-state index in [4.69, 9.17) is 9.47 Å². The van der Waals surface area contributed by atoms with Gasteiger partial charge in [0.15, 0.2) is 0 Å². The molecule has 0 saturated heterocycles. The summed E-state index contributed by atoms with van der Waals surface area (Å²) in [6, 6.07) is 0. The SMILES string of the molecule is CCCCCCCCCC(=O)OC(C)COC(=O)CCCCCCC. The van der Waals surface area contributed by atoms with E-state index in [1.807, 2.05) is 0 Å². The van der Waals surface area contributed by atoms with E-state index in [0.717, 1.165) is 25.7 Å². The molecule has 0 aromatic rings. The van der Waals surface area contributed by atoms with Crippen LogP contribution in [0.4, 0.5) is 0 Å². The van der Waals surface area contributed by atoms with Crippen LogP contribution >= 0.6 is 0 Å². The highest BCUT2D eigenvalue weighted by molar-refractivity contribution is 5.70. The molecule has 1 unspecified atom stereocenters. The van der Waals surface area contributed by atoms with Crippen molar-refractivity contribution in [2.75, 3.05) is 6.61 Å². The van der Waals surface area contributed by atoms with E-state index < -0.39 is 0 Å². The van der Waals surface area contributed by atoms with Gasteiger partial charge in [-0.1, -0.05) is 78.1 Å². The number of hydrogen-bond donors (Lipinski definition) is 0. The van der Waals surface area contributed by atoms with Gasteiger partial charge in [0.2, 0.25) is 0 Å². The summed E-state index contributed by atoms with van der Waals surface area (Å²) in [7, 11) is 0. The molecule has 0 radical (unpaired) electrons. The minimum Gasteiger partial charge on any atom is -0.462 e. The zero-order chi connectivity index (χ0) is 18.8. The molecule has 1 atom stereocenters. The van der Waals surface area contributed by atoms with Crippen molar-refractivity contribution < 1.29 is 19.1 Å². The zero-order valence-electron chi connectivity index (χ0n) is 16.8. The van der Waals surface area contributed by atoms with Crippen molar-refractivity contribution in [1.29, 1.82) is 0 Å². The molecule has 0 aliphatic rings. The molecule has 0 heterocycles. The molecule has 0 saturated carbocycles. The van der Waals surface area contributed by atoms with Gasteiger partial charge in [0.25, 0.3) is 0 Å². The molecule has 0 aliphatic carbocycles. The number of esters is 2. The fourth-order valence-electron chi connectivity index (χ4n) is 2.70. The summed E-state index contributed by atoms with van der Waals surface area (Å²) in [6.07, 6.45) is 14.4. The summed E-state index contributed by atoms with van der Waals surface area (Å²) in [5.74, 6) is -0.372. The standard InChI is InChI=1S/C21H40O4/c1-4-6-8-10-11-13-15-17-21(23)25-19(3)18-24-20(22)16-14-12-9-7-5-2/h19H,4-18H2,1-3H3. The Labute approximate surface area is 155 Å². The van der Waals surface area contributed by atoms with Crippen molar-refractivity contribution in [3.05, 3.63) is 0 Å². The van der Waals surface area contributed by atoms with Crippen molar-refractivity contribution in [3.8, 4) is 0 Å². The molecule has 4 heteroatoms. The lowest BCUT2D eigenvalue weighted by atomic mass is 10.1. The Kier molecular flexibility index (Phi) is 17.0. The third kappa shape index (κ3) is 17.6. The van der Waals surface area contributed by atoms with Gasteiger partial charge in [-0.25, -0.2) is 0 Å². The second-order valence-electron chi connectivity index (χ2n) is 7.02. The smallest absolute Gasteiger partial charge is 0.306 e. The lowest BCUT2D eigenvalue weighted by Crippen LogP contribution is -2.22. The summed E-state index contributed by atoms with van der Waals surface area (Å²) >= 11 is 0. The van der Waals surface area contributed by atoms with Gasteiger partial charge in [0.1, 0.15) is 12.7 Å². The Bertz CT molecular complexity index is 328. The molecule has 0 aromatic carbocycles.